The van der Waals surface area contributed by atoms with Crippen LogP contribution < -0.4 is 10.1 Å². The number of rotatable bonds is 5. The predicted octanol–water partition coefficient (Wildman–Crippen LogP) is 2.60. The highest BCUT2D eigenvalue weighted by Gasteiger charge is 2.34. The Hall–Kier alpha value is -3.78. The lowest BCUT2D eigenvalue weighted by atomic mass is 9.94. The van der Waals surface area contributed by atoms with Gasteiger partial charge in [0.1, 0.15) is 18.0 Å². The van der Waals surface area contributed by atoms with E-state index in [1.54, 1.807) is 0 Å². The van der Waals surface area contributed by atoms with Crippen LogP contribution in [0.2, 0.25) is 0 Å². The largest absolute Gasteiger partial charge is 0.506 e. The summed E-state index contributed by atoms with van der Waals surface area (Å²) in [4.78, 5) is 22.7. The molecule has 0 atom stereocenters. The number of ether oxygens (including phenoxy) is 2. The van der Waals surface area contributed by atoms with E-state index in [-0.39, 0.29) is 12.3 Å². The number of halogens is 3. The quantitative estimate of drug-likeness (QED) is 0.458. The van der Waals surface area contributed by atoms with Gasteiger partial charge in [0.2, 0.25) is 6.41 Å². The second kappa shape index (κ2) is 11.7. The number of aromatic nitrogens is 1. The third-order valence-corrected chi connectivity index (χ3v) is 4.29. The van der Waals surface area contributed by atoms with E-state index in [0.717, 1.165) is 12.1 Å². The van der Waals surface area contributed by atoms with Gasteiger partial charge in [0.25, 0.3) is 0 Å². The number of alkyl halides is 3. The number of carbonyl (C=O) groups excluding carboxylic acids is 1. The lowest BCUT2D eigenvalue weighted by molar-refractivity contribution is -0.138. The van der Waals surface area contributed by atoms with Crippen molar-refractivity contribution in [3.8, 4) is 23.3 Å². The highest BCUT2D eigenvalue weighted by molar-refractivity contribution is 5.71. The van der Waals surface area contributed by atoms with Crippen LogP contribution in [0, 0.1) is 11.8 Å². The monoisotopic (exact) mass is 466 g/mol. The van der Waals surface area contributed by atoms with E-state index in [1.807, 2.05) is 5.32 Å². The number of benzene rings is 1. The van der Waals surface area contributed by atoms with Crippen LogP contribution >= 0.6 is 0 Å². The number of amides is 1. The molecule has 11 heteroatoms. The Bertz CT molecular complexity index is 994. The van der Waals surface area contributed by atoms with Gasteiger partial charge in [-0.25, -0.2) is 0 Å². The van der Waals surface area contributed by atoms with Crippen molar-refractivity contribution in [3.63, 3.8) is 0 Å². The summed E-state index contributed by atoms with van der Waals surface area (Å²) >= 11 is 0. The van der Waals surface area contributed by atoms with Gasteiger partial charge in [0.05, 0.1) is 25.0 Å². The van der Waals surface area contributed by atoms with E-state index in [2.05, 4.69) is 16.8 Å². The molecule has 1 aromatic carbocycles. The van der Waals surface area contributed by atoms with E-state index in [9.17, 15) is 27.9 Å². The lowest BCUT2D eigenvalue weighted by Crippen LogP contribution is -2.40. The maximum Gasteiger partial charge on any atom is 0.416 e. The highest BCUT2D eigenvalue weighted by Crippen LogP contribution is 2.32. The Labute approximate surface area is 187 Å². The molecule has 1 amide bonds. The number of hydrogen-bond donors (Lipinski definition) is 3. The summed E-state index contributed by atoms with van der Waals surface area (Å²) in [6.45, 7) is 0.574. The van der Waals surface area contributed by atoms with Crippen molar-refractivity contribution in [2.75, 3.05) is 19.8 Å². The van der Waals surface area contributed by atoms with Gasteiger partial charge in [-0.15, -0.1) is 0 Å². The van der Waals surface area contributed by atoms with Crippen LogP contribution in [0.3, 0.4) is 0 Å². The molecule has 3 N–H and O–H groups in total. The second-order valence-electron chi connectivity index (χ2n) is 6.81. The Morgan fingerprint density at radius 3 is 2.42 bits per heavy atom. The Balaban J connectivity index is 0.000000479. The van der Waals surface area contributed by atoms with Crippen LogP contribution in [0.1, 0.15) is 24.0 Å². The fraction of sp³-hybridized carbons (Fsp3) is 0.318. The van der Waals surface area contributed by atoms with Crippen LogP contribution in [0.4, 0.5) is 13.2 Å². The average molecular weight is 466 g/mol. The van der Waals surface area contributed by atoms with Crippen molar-refractivity contribution in [1.82, 2.24) is 10.3 Å². The van der Waals surface area contributed by atoms with Gasteiger partial charge in [-0.2, -0.15) is 13.2 Å². The fourth-order valence-corrected chi connectivity index (χ4v) is 2.70. The summed E-state index contributed by atoms with van der Waals surface area (Å²) in [7, 11) is 0. The minimum absolute atomic E-state index is 0.00138. The summed E-state index contributed by atoms with van der Waals surface area (Å²) in [5.74, 6) is 5.24. The first-order valence-electron chi connectivity index (χ1n) is 9.63. The average Bonchev–Trinajstić information content (AvgIpc) is 2.77. The number of aromatic hydroxyl groups is 1. The molecule has 0 spiro atoms. The van der Waals surface area contributed by atoms with Gasteiger partial charge in [0, 0.05) is 24.6 Å². The number of nitrogens with zero attached hydrogens (tertiary/aromatic N) is 1. The number of pyridine rings is 1. The van der Waals surface area contributed by atoms with Crippen molar-refractivity contribution in [2.45, 2.75) is 24.6 Å². The molecule has 2 heterocycles. The van der Waals surface area contributed by atoms with Crippen LogP contribution in [0.25, 0.3) is 0 Å². The van der Waals surface area contributed by atoms with Crippen molar-refractivity contribution in [3.05, 3.63) is 53.9 Å². The summed E-state index contributed by atoms with van der Waals surface area (Å²) in [6, 6.07) is 6.02. The van der Waals surface area contributed by atoms with Crippen molar-refractivity contribution in [2.24, 2.45) is 0 Å². The Morgan fingerprint density at radius 2 is 1.91 bits per heavy atom. The van der Waals surface area contributed by atoms with Gasteiger partial charge in [0.15, 0.2) is 5.60 Å². The molecule has 1 aliphatic rings. The molecule has 0 bridgehead atoms. The van der Waals surface area contributed by atoms with Crippen LogP contribution in [0.15, 0.2) is 42.7 Å². The number of hydrogen-bond acceptors (Lipinski definition) is 6. The zero-order valence-corrected chi connectivity index (χ0v) is 17.3. The van der Waals surface area contributed by atoms with Crippen molar-refractivity contribution in [1.29, 1.82) is 0 Å². The fourth-order valence-electron chi connectivity index (χ4n) is 2.70. The van der Waals surface area contributed by atoms with E-state index >= 15 is 0 Å². The van der Waals surface area contributed by atoms with Crippen LogP contribution in [-0.4, -0.2) is 52.9 Å². The molecule has 0 radical (unpaired) electrons. The molecular formula is C22H21F3N2O6. The van der Waals surface area contributed by atoms with Gasteiger partial charge >= 0.3 is 12.1 Å². The maximum atomic E-state index is 12.7. The van der Waals surface area contributed by atoms with E-state index in [1.165, 1.54) is 30.6 Å². The van der Waals surface area contributed by atoms with Crippen molar-refractivity contribution < 1.29 is 42.4 Å². The number of carbonyl (C=O) groups is 2. The smallest absolute Gasteiger partial charge is 0.416 e. The molecule has 3 rings (SSSR count). The second-order valence-corrected chi connectivity index (χ2v) is 6.81. The predicted molar refractivity (Wildman–Crippen MR) is 109 cm³/mol. The first-order chi connectivity index (χ1) is 15.6. The number of aliphatic carboxylic acids is 1. The Kier molecular flexibility index (Phi) is 9.06. The van der Waals surface area contributed by atoms with Gasteiger partial charge in [-0.05, 0) is 36.3 Å². The van der Waals surface area contributed by atoms with Crippen LogP contribution in [-0.2, 0) is 20.5 Å². The minimum atomic E-state index is -4.39. The van der Waals surface area contributed by atoms with Crippen LogP contribution in [0.5, 0.6) is 11.5 Å². The van der Waals surface area contributed by atoms with E-state index < -0.39 is 23.3 Å². The summed E-state index contributed by atoms with van der Waals surface area (Å²) in [5, 5.41) is 19.3. The summed E-state index contributed by atoms with van der Waals surface area (Å²) in [6.07, 6.45) is -0.280. The maximum absolute atomic E-state index is 12.7. The molecule has 0 unspecified atom stereocenters. The topological polar surface area (TPSA) is 118 Å². The first-order valence-corrected chi connectivity index (χ1v) is 9.63. The zero-order chi connectivity index (χ0) is 24.3. The molecular weight excluding hydrogens is 445 g/mol. The number of nitrogens with one attached hydrogen (secondary N) is 1. The molecule has 0 saturated carbocycles. The third kappa shape index (κ3) is 8.70. The molecule has 176 valence electrons. The molecule has 1 fully saturated rings. The first kappa shape index (κ1) is 25.5. The molecule has 0 aliphatic carbocycles. The summed E-state index contributed by atoms with van der Waals surface area (Å²) < 4.78 is 49.4. The van der Waals surface area contributed by atoms with Crippen molar-refractivity contribution >= 4 is 12.4 Å². The zero-order valence-electron chi connectivity index (χ0n) is 17.3. The standard InChI is InChI=1S/C19H16F3NO3.C3H5NO3/c20-19(21,22)15-1-3-17(4-2-15)26-18(7-9-25-10-8-18)6-5-14-11-16(24)13-23-12-14;5-2-4-1-3(6)7/h1-4,11-13,24H,7-10H2;2H,1H2,(H,4,5)(H,6,7). The number of carboxylic acid groups (broad SMARTS) is 1. The Morgan fingerprint density at radius 1 is 1.24 bits per heavy atom. The molecule has 1 aromatic heterocycles. The summed E-state index contributed by atoms with van der Waals surface area (Å²) in [5.41, 5.74) is -1.08. The molecule has 2 aromatic rings. The molecule has 1 aliphatic heterocycles. The third-order valence-electron chi connectivity index (χ3n) is 4.29. The van der Waals surface area contributed by atoms with Gasteiger partial charge < -0.3 is 25.0 Å². The number of carboxylic acids is 1. The van der Waals surface area contributed by atoms with E-state index in [0.29, 0.717) is 43.8 Å². The molecule has 8 nitrogen and oxygen atoms in total. The normalized spacial score (nSPS) is 14.5. The van der Waals surface area contributed by atoms with E-state index in [4.69, 9.17) is 14.6 Å². The highest BCUT2D eigenvalue weighted by atomic mass is 19.4. The SMILES string of the molecule is O=CNCC(=O)O.Oc1cncc(C#CC2(Oc3ccc(C(F)(F)F)cc3)CCOCC2)c1. The lowest BCUT2D eigenvalue weighted by Gasteiger charge is -2.33. The van der Waals surface area contributed by atoms with Gasteiger partial charge in [-0.3, -0.25) is 14.6 Å². The minimum Gasteiger partial charge on any atom is -0.506 e. The molecule has 1 saturated heterocycles. The van der Waals surface area contributed by atoms with Gasteiger partial charge in [-0.1, -0.05) is 5.92 Å². The molecule has 33 heavy (non-hydrogen) atoms.